The van der Waals surface area contributed by atoms with Crippen LogP contribution in [-0.4, -0.2) is 21.8 Å². The molecule has 0 saturated carbocycles. The van der Waals surface area contributed by atoms with Gasteiger partial charge in [-0.25, -0.2) is 9.78 Å². The van der Waals surface area contributed by atoms with E-state index in [1.807, 2.05) is 6.07 Å². The third-order valence-electron chi connectivity index (χ3n) is 1.41. The largest absolute Gasteiger partial charge is 0.478 e. The lowest BCUT2D eigenvalue weighted by Gasteiger charge is -2.01. The zero-order valence-electron chi connectivity index (χ0n) is 7.24. The smallest absolute Gasteiger partial charge is 0.331 e. The molecule has 0 bridgehead atoms. The number of pyridine rings is 1. The van der Waals surface area contributed by atoms with Crippen molar-refractivity contribution < 1.29 is 9.90 Å². The predicted octanol–water partition coefficient (Wildman–Crippen LogP) is 2.58. The molecule has 14 heavy (non-hydrogen) atoms. The molecule has 0 aliphatic heterocycles. The van der Waals surface area contributed by atoms with Gasteiger partial charge in [0.2, 0.25) is 0 Å². The average Bonchev–Trinajstić information content (AvgIpc) is 2.16. The molecule has 1 aromatic rings. The normalized spacial score (nSPS) is 9.79. The van der Waals surface area contributed by atoms with E-state index < -0.39 is 5.97 Å². The minimum absolute atomic E-state index is 0.174. The monoisotopic (exact) mass is 273 g/mol. The van der Waals surface area contributed by atoms with Crippen LogP contribution in [0.25, 0.3) is 0 Å². The Morgan fingerprint density at radius 1 is 1.71 bits per heavy atom. The van der Waals surface area contributed by atoms with Crippen LogP contribution in [0, 0.1) is 0 Å². The maximum absolute atomic E-state index is 10.5. The van der Waals surface area contributed by atoms with Crippen molar-refractivity contribution in [2.45, 2.75) is 5.03 Å². The molecule has 0 aliphatic carbocycles. The summed E-state index contributed by atoms with van der Waals surface area (Å²) in [6, 6.07) is 3.67. The summed E-state index contributed by atoms with van der Waals surface area (Å²) >= 11 is 4.67. The Morgan fingerprint density at radius 3 is 3.00 bits per heavy atom. The van der Waals surface area contributed by atoms with Gasteiger partial charge < -0.3 is 5.11 Å². The van der Waals surface area contributed by atoms with Gasteiger partial charge in [-0.05, 0) is 28.1 Å². The molecule has 3 nitrogen and oxygen atoms in total. The minimum atomic E-state index is -0.968. The molecular formula is C9H8BrNO2S. The van der Waals surface area contributed by atoms with E-state index in [0.717, 1.165) is 9.50 Å². The maximum Gasteiger partial charge on any atom is 0.331 e. The van der Waals surface area contributed by atoms with Crippen molar-refractivity contribution in [2.75, 3.05) is 5.75 Å². The van der Waals surface area contributed by atoms with E-state index in [1.54, 1.807) is 12.3 Å². The van der Waals surface area contributed by atoms with E-state index in [1.165, 1.54) is 11.8 Å². The summed E-state index contributed by atoms with van der Waals surface area (Å²) < 4.78 is 0.864. The van der Waals surface area contributed by atoms with E-state index in [4.69, 9.17) is 5.11 Å². The molecule has 0 saturated heterocycles. The van der Waals surface area contributed by atoms with Crippen LogP contribution in [0.1, 0.15) is 0 Å². The number of thioether (sulfide) groups is 1. The summed E-state index contributed by atoms with van der Waals surface area (Å²) in [6.45, 7) is 3.44. The van der Waals surface area contributed by atoms with Gasteiger partial charge in [0.05, 0.1) is 0 Å². The molecule has 0 atom stereocenters. The summed E-state index contributed by atoms with van der Waals surface area (Å²) in [5.41, 5.74) is 0.174. The Bertz CT molecular complexity index is 368. The molecule has 0 amide bonds. The van der Waals surface area contributed by atoms with E-state index in [-0.39, 0.29) is 5.57 Å². The summed E-state index contributed by atoms with van der Waals surface area (Å²) in [5.74, 6) is -0.630. The molecule has 0 unspecified atom stereocenters. The Labute approximate surface area is 94.4 Å². The summed E-state index contributed by atoms with van der Waals surface area (Å²) in [4.78, 5) is 14.6. The lowest BCUT2D eigenvalue weighted by atomic mass is 10.4. The topological polar surface area (TPSA) is 50.2 Å². The molecule has 1 aromatic heterocycles. The molecule has 1 N–H and O–H groups in total. The lowest BCUT2D eigenvalue weighted by molar-refractivity contribution is -0.132. The lowest BCUT2D eigenvalue weighted by Crippen LogP contribution is -2.01. The van der Waals surface area contributed by atoms with Gasteiger partial charge in [0.15, 0.2) is 0 Å². The first kappa shape index (κ1) is 11.3. The fraction of sp³-hybridized carbons (Fsp3) is 0.111. The fourth-order valence-electron chi connectivity index (χ4n) is 0.695. The molecular weight excluding hydrogens is 266 g/mol. The van der Waals surface area contributed by atoms with Crippen molar-refractivity contribution >= 4 is 33.7 Å². The van der Waals surface area contributed by atoms with Crippen LogP contribution < -0.4 is 0 Å². The van der Waals surface area contributed by atoms with Crippen LogP contribution in [0.3, 0.4) is 0 Å². The molecule has 0 aliphatic rings. The first-order valence-electron chi connectivity index (χ1n) is 3.75. The summed E-state index contributed by atoms with van der Waals surface area (Å²) in [7, 11) is 0. The van der Waals surface area contributed by atoms with Crippen LogP contribution in [0.4, 0.5) is 0 Å². The van der Waals surface area contributed by atoms with Gasteiger partial charge >= 0.3 is 5.97 Å². The number of nitrogens with zero attached hydrogens (tertiary/aromatic N) is 1. The molecule has 1 rings (SSSR count). The highest BCUT2D eigenvalue weighted by atomic mass is 79.9. The Kier molecular flexibility index (Phi) is 4.16. The fourth-order valence-corrected chi connectivity index (χ4v) is 2.07. The summed E-state index contributed by atoms with van der Waals surface area (Å²) in [6.07, 6.45) is 1.66. The number of hydrogen-bond acceptors (Lipinski definition) is 3. The molecule has 0 aromatic carbocycles. The molecule has 0 fully saturated rings. The highest BCUT2D eigenvalue weighted by Gasteiger charge is 2.06. The van der Waals surface area contributed by atoms with Gasteiger partial charge in [-0.2, -0.15) is 0 Å². The quantitative estimate of drug-likeness (QED) is 0.677. The first-order chi connectivity index (χ1) is 6.61. The second-order valence-corrected chi connectivity index (χ2v) is 4.31. The average molecular weight is 274 g/mol. The predicted molar refractivity (Wildman–Crippen MR) is 59.4 cm³/mol. The van der Waals surface area contributed by atoms with Gasteiger partial charge in [0.1, 0.15) is 5.03 Å². The van der Waals surface area contributed by atoms with Gasteiger partial charge in [0, 0.05) is 22.0 Å². The molecule has 1 heterocycles. The number of carbonyl (C=O) groups is 1. The zero-order valence-corrected chi connectivity index (χ0v) is 9.64. The van der Waals surface area contributed by atoms with E-state index in [9.17, 15) is 4.79 Å². The second-order valence-electron chi connectivity index (χ2n) is 2.49. The molecule has 0 radical (unpaired) electrons. The van der Waals surface area contributed by atoms with Crippen LogP contribution in [0.5, 0.6) is 0 Å². The standard InChI is InChI=1S/C9H8BrNO2S/c1-6(9(12)13)5-14-8-7(10)3-2-4-11-8/h2-4H,1,5H2,(H,12,13). The minimum Gasteiger partial charge on any atom is -0.478 e. The van der Waals surface area contributed by atoms with Crippen molar-refractivity contribution in [1.29, 1.82) is 0 Å². The highest BCUT2D eigenvalue weighted by molar-refractivity contribution is 9.10. The maximum atomic E-state index is 10.5. The third-order valence-corrected chi connectivity index (χ3v) is 3.40. The molecule has 74 valence electrons. The highest BCUT2D eigenvalue weighted by Crippen LogP contribution is 2.25. The Balaban J connectivity index is 2.58. The van der Waals surface area contributed by atoms with Gasteiger partial charge in [-0.3, -0.25) is 0 Å². The van der Waals surface area contributed by atoms with Crippen LogP contribution in [0.2, 0.25) is 0 Å². The number of hydrogen-bond donors (Lipinski definition) is 1. The third kappa shape index (κ3) is 3.16. The van der Waals surface area contributed by atoms with E-state index in [2.05, 4.69) is 27.5 Å². The number of aliphatic carboxylic acids is 1. The molecule has 5 heteroatoms. The summed E-state index contributed by atoms with van der Waals surface area (Å²) in [5, 5.41) is 9.36. The van der Waals surface area contributed by atoms with Crippen LogP contribution >= 0.6 is 27.7 Å². The van der Waals surface area contributed by atoms with Gasteiger partial charge in [-0.1, -0.05) is 6.58 Å². The van der Waals surface area contributed by atoms with Gasteiger partial charge in [0.25, 0.3) is 0 Å². The van der Waals surface area contributed by atoms with Crippen molar-refractivity contribution in [3.8, 4) is 0 Å². The van der Waals surface area contributed by atoms with E-state index >= 15 is 0 Å². The first-order valence-corrected chi connectivity index (χ1v) is 5.53. The van der Waals surface area contributed by atoms with E-state index in [0.29, 0.717) is 5.75 Å². The number of carboxylic acids is 1. The number of aromatic nitrogens is 1. The van der Waals surface area contributed by atoms with Gasteiger partial charge in [-0.15, -0.1) is 11.8 Å². The van der Waals surface area contributed by atoms with Crippen molar-refractivity contribution in [2.24, 2.45) is 0 Å². The Hall–Kier alpha value is -0.810. The van der Waals surface area contributed by atoms with Crippen molar-refractivity contribution in [1.82, 2.24) is 4.98 Å². The Morgan fingerprint density at radius 2 is 2.43 bits per heavy atom. The number of carboxylic acid groups (broad SMARTS) is 1. The van der Waals surface area contributed by atoms with Crippen molar-refractivity contribution in [3.63, 3.8) is 0 Å². The SMILES string of the molecule is C=C(CSc1ncccc1Br)C(=O)O. The molecule has 0 spiro atoms. The van der Waals surface area contributed by atoms with Crippen LogP contribution in [-0.2, 0) is 4.79 Å². The van der Waals surface area contributed by atoms with Crippen LogP contribution in [0.15, 0.2) is 40.0 Å². The van der Waals surface area contributed by atoms with Crippen molar-refractivity contribution in [3.05, 3.63) is 35.0 Å². The second kappa shape index (κ2) is 5.17. The zero-order chi connectivity index (χ0) is 10.6. The number of halogens is 1. The number of rotatable bonds is 4.